The van der Waals surface area contributed by atoms with Gasteiger partial charge >= 0.3 is 11.4 Å². The predicted molar refractivity (Wildman–Crippen MR) is 128 cm³/mol. The molecule has 22 heteroatoms. The summed E-state index contributed by atoms with van der Waals surface area (Å²) in [7, 11) is 0. The Labute approximate surface area is 221 Å². The Morgan fingerprint density at radius 1 is 0.825 bits per heavy atom. The fourth-order valence-corrected chi connectivity index (χ4v) is 3.87. The fraction of sp³-hybridized carbons (Fsp3) is 0.556. The molecule has 0 aliphatic carbocycles. The average molecular weight is 568 g/mol. The topological polar surface area (TPSA) is 359 Å². The van der Waals surface area contributed by atoms with Gasteiger partial charge in [-0.25, -0.2) is 9.59 Å². The summed E-state index contributed by atoms with van der Waals surface area (Å²) in [6.07, 6.45) is -6.96. The zero-order chi connectivity index (χ0) is 29.8. The Kier molecular flexibility index (Phi) is 8.92. The van der Waals surface area contributed by atoms with Gasteiger partial charge in [0.15, 0.2) is 12.5 Å². The van der Waals surface area contributed by atoms with E-state index < -0.39 is 72.9 Å². The van der Waals surface area contributed by atoms with E-state index in [1.165, 1.54) is 24.5 Å². The average Bonchev–Trinajstić information content (AvgIpc) is 3.31. The monoisotopic (exact) mass is 568 g/mol. The maximum absolute atomic E-state index is 11.7. The summed E-state index contributed by atoms with van der Waals surface area (Å²) < 4.78 is 12.1. The molecule has 2 aromatic rings. The Bertz CT molecular complexity index is 1330. The zero-order valence-corrected chi connectivity index (χ0v) is 20.1. The van der Waals surface area contributed by atoms with E-state index in [2.05, 4.69) is 30.0 Å². The molecule has 0 unspecified atom stereocenters. The van der Waals surface area contributed by atoms with E-state index in [1.807, 2.05) is 0 Å². The van der Waals surface area contributed by atoms with Crippen molar-refractivity contribution < 1.29 is 40.1 Å². The quantitative estimate of drug-likeness (QED) is 0.0939. The number of aliphatic hydroxyl groups excluding tert-OH is 6. The first-order valence-corrected chi connectivity index (χ1v) is 11.0. The molecule has 22 nitrogen and oxygen atoms in total. The van der Waals surface area contributed by atoms with Gasteiger partial charge in [-0.1, -0.05) is 10.2 Å². The van der Waals surface area contributed by atoms with Crippen LogP contribution in [-0.4, -0.2) is 98.8 Å². The molecule has 0 amide bonds. The zero-order valence-electron chi connectivity index (χ0n) is 20.1. The second kappa shape index (κ2) is 11.8. The molecular weight excluding hydrogens is 544 g/mol. The summed E-state index contributed by atoms with van der Waals surface area (Å²) in [5, 5.41) is 64.3. The molecule has 40 heavy (non-hydrogen) atoms. The Balaban J connectivity index is 0.000000220. The highest BCUT2D eigenvalue weighted by Gasteiger charge is 2.56. The molecule has 10 N–H and O–H groups in total. The van der Waals surface area contributed by atoms with E-state index in [9.17, 15) is 40.2 Å². The Morgan fingerprint density at radius 3 is 1.45 bits per heavy atom. The summed E-state index contributed by atoms with van der Waals surface area (Å²) in [5.74, 6) is -0.0505. The van der Waals surface area contributed by atoms with Crippen LogP contribution in [0.15, 0.2) is 44.3 Å². The lowest BCUT2D eigenvalue weighted by Gasteiger charge is -2.23. The number of aromatic nitrogens is 4. The normalized spacial score (nSPS) is 32.9. The van der Waals surface area contributed by atoms with Crippen LogP contribution in [0.3, 0.4) is 0 Å². The smallest absolute Gasteiger partial charge is 0.351 e. The van der Waals surface area contributed by atoms with Gasteiger partial charge in [0.05, 0.1) is 13.2 Å². The second-order valence-corrected chi connectivity index (χ2v) is 8.36. The maximum atomic E-state index is 11.7. The molecule has 2 aliphatic heterocycles. The highest BCUT2D eigenvalue weighted by atomic mass is 16.6. The lowest BCUT2D eigenvalue weighted by atomic mass is 10.1. The van der Waals surface area contributed by atoms with E-state index in [-0.39, 0.29) is 11.6 Å². The van der Waals surface area contributed by atoms with Crippen LogP contribution in [0.4, 0.5) is 11.6 Å². The van der Waals surface area contributed by atoms with E-state index >= 15 is 0 Å². The van der Waals surface area contributed by atoms with Gasteiger partial charge in [0.25, 0.3) is 0 Å². The predicted octanol–water partition coefficient (Wildman–Crippen LogP) is -3.85. The van der Waals surface area contributed by atoms with Gasteiger partial charge < -0.3 is 51.6 Å². The lowest BCUT2D eigenvalue weighted by Crippen LogP contribution is -2.44. The first-order chi connectivity index (χ1) is 18.9. The molecule has 0 spiro atoms. The minimum absolute atomic E-state index is 0.0252. The van der Waals surface area contributed by atoms with Crippen LogP contribution in [-0.2, 0) is 9.47 Å². The summed E-state index contributed by atoms with van der Waals surface area (Å²) in [5.41, 5.74) is 21.8. The number of nitrogen functional groups attached to an aromatic ring is 2. The van der Waals surface area contributed by atoms with Crippen molar-refractivity contribution in [3.05, 3.63) is 66.4 Å². The molecule has 2 fully saturated rings. The minimum Gasteiger partial charge on any atom is -0.393 e. The largest absolute Gasteiger partial charge is 0.393 e. The number of nitrogens with zero attached hydrogens (tertiary/aromatic N) is 10. The number of hydrogen-bond donors (Lipinski definition) is 8. The van der Waals surface area contributed by atoms with Crippen LogP contribution < -0.4 is 22.8 Å². The number of anilines is 2. The van der Waals surface area contributed by atoms with Gasteiger partial charge in [-0.2, -0.15) is 9.97 Å². The van der Waals surface area contributed by atoms with E-state index in [0.29, 0.717) is 0 Å². The second-order valence-electron chi connectivity index (χ2n) is 8.36. The molecular formula is C18H24N12O10. The first-order valence-electron chi connectivity index (χ1n) is 11.0. The van der Waals surface area contributed by atoms with Crippen LogP contribution >= 0.6 is 0 Å². The molecule has 4 rings (SSSR count). The molecule has 0 aromatic carbocycles. The first kappa shape index (κ1) is 30.2. The summed E-state index contributed by atoms with van der Waals surface area (Å²) in [6.45, 7) is -1.74. The van der Waals surface area contributed by atoms with Crippen molar-refractivity contribution in [2.75, 3.05) is 24.7 Å². The van der Waals surface area contributed by atoms with Gasteiger partial charge in [0.2, 0.25) is 11.4 Å². The Morgan fingerprint density at radius 2 is 1.18 bits per heavy atom. The number of aliphatic hydroxyl groups is 6. The van der Waals surface area contributed by atoms with Crippen LogP contribution in [0.2, 0.25) is 0 Å². The Hall–Kier alpha value is -4.34. The fourth-order valence-electron chi connectivity index (χ4n) is 3.87. The minimum atomic E-state index is -2.07. The highest BCUT2D eigenvalue weighted by molar-refractivity contribution is 5.24. The van der Waals surface area contributed by atoms with Crippen LogP contribution in [0.5, 0.6) is 0 Å². The lowest BCUT2D eigenvalue weighted by molar-refractivity contribution is -0.125. The highest BCUT2D eigenvalue weighted by Crippen LogP contribution is 2.38. The SMILES string of the molecule is [N-]=[N+]=N[C@]1(CO)O[C@@H](n2ccc(N)nc2=O)[C@H](O)[C@@H]1O.[N-]=[N+]=N[C@]1(CO)O[C@@H](n2ccc(N)nc2=O)[C@H](O)[C@@H]1O. The number of nitrogens with two attached hydrogens (primary N) is 2. The van der Waals surface area contributed by atoms with Gasteiger partial charge in [-0.05, 0) is 23.2 Å². The van der Waals surface area contributed by atoms with Crippen molar-refractivity contribution >= 4 is 11.6 Å². The van der Waals surface area contributed by atoms with E-state index in [4.69, 9.17) is 32.0 Å². The van der Waals surface area contributed by atoms with Gasteiger partial charge in [-0.15, -0.1) is 0 Å². The van der Waals surface area contributed by atoms with Crippen molar-refractivity contribution in [3.63, 3.8) is 0 Å². The van der Waals surface area contributed by atoms with Crippen LogP contribution in [0.25, 0.3) is 20.9 Å². The molecule has 0 radical (unpaired) electrons. The van der Waals surface area contributed by atoms with Gasteiger partial charge in [-0.3, -0.25) is 9.13 Å². The number of azide groups is 2. The number of ether oxygens (including phenoxy) is 2. The molecule has 4 heterocycles. The molecule has 2 aromatic heterocycles. The molecule has 8 atom stereocenters. The number of hydrogen-bond acceptors (Lipinski definition) is 16. The van der Waals surface area contributed by atoms with Crippen molar-refractivity contribution in [2.45, 2.75) is 48.3 Å². The van der Waals surface area contributed by atoms with Crippen molar-refractivity contribution in [1.29, 1.82) is 0 Å². The van der Waals surface area contributed by atoms with Crippen LogP contribution in [0, 0.1) is 0 Å². The van der Waals surface area contributed by atoms with E-state index in [0.717, 1.165) is 9.13 Å². The van der Waals surface area contributed by atoms with E-state index in [1.54, 1.807) is 0 Å². The summed E-state index contributed by atoms with van der Waals surface area (Å²) in [6, 6.07) is 2.58. The standard InChI is InChI=1S/2C9H12N6O5/c2*10-4-1-2-15(8(19)12-4)7-5(17)6(18)9(3-16,20-7)13-14-11/h2*1-2,5-7,16-18H,3H2,(H2,10,12,19)/t2*5-,6+,7-,9-/m11/s1. The summed E-state index contributed by atoms with van der Waals surface area (Å²) in [4.78, 5) is 35.1. The number of rotatable bonds is 6. The third-order valence-electron chi connectivity index (χ3n) is 5.94. The van der Waals surface area contributed by atoms with Crippen molar-refractivity contribution in [1.82, 2.24) is 19.1 Å². The molecule has 2 saturated heterocycles. The molecule has 0 bridgehead atoms. The molecule has 0 saturated carbocycles. The molecule has 2 aliphatic rings. The third-order valence-corrected chi connectivity index (χ3v) is 5.94. The summed E-state index contributed by atoms with van der Waals surface area (Å²) >= 11 is 0. The van der Waals surface area contributed by atoms with Crippen molar-refractivity contribution in [2.24, 2.45) is 10.2 Å². The van der Waals surface area contributed by atoms with Gasteiger partial charge in [0, 0.05) is 22.2 Å². The maximum Gasteiger partial charge on any atom is 0.351 e. The third kappa shape index (κ3) is 5.38. The van der Waals surface area contributed by atoms with Gasteiger partial charge in [0.1, 0.15) is 36.1 Å². The van der Waals surface area contributed by atoms with Crippen LogP contribution in [0.1, 0.15) is 12.5 Å². The van der Waals surface area contributed by atoms with Crippen molar-refractivity contribution in [3.8, 4) is 0 Å². The molecule has 216 valence electrons.